The van der Waals surface area contributed by atoms with E-state index in [9.17, 15) is 9.59 Å². The molecule has 0 bridgehead atoms. The van der Waals surface area contributed by atoms with Crippen molar-refractivity contribution in [1.82, 2.24) is 5.32 Å². The molecule has 0 saturated heterocycles. The number of rotatable bonds is 11. The third-order valence-corrected chi connectivity index (χ3v) is 5.96. The van der Waals surface area contributed by atoms with E-state index in [1.807, 2.05) is 91.0 Å². The molecule has 2 amide bonds. The van der Waals surface area contributed by atoms with Crippen LogP contribution in [0.2, 0.25) is 0 Å². The Hall–Kier alpha value is -3.40. The molecule has 0 aromatic heterocycles. The molecule has 1 atom stereocenters. The van der Waals surface area contributed by atoms with Crippen LogP contribution >= 0.6 is 0 Å². The van der Waals surface area contributed by atoms with Gasteiger partial charge in [-0.15, -0.1) is 0 Å². The second kappa shape index (κ2) is 11.3. The van der Waals surface area contributed by atoms with Crippen LogP contribution in [-0.4, -0.2) is 17.9 Å². The lowest BCUT2D eigenvalue weighted by atomic mass is 9.68. The van der Waals surface area contributed by atoms with Gasteiger partial charge in [0.25, 0.3) is 0 Å². The van der Waals surface area contributed by atoms with Gasteiger partial charge in [0.2, 0.25) is 11.8 Å². The molecule has 0 aliphatic carbocycles. The minimum absolute atomic E-state index is 0.250. The largest absolute Gasteiger partial charge is 0.368 e. The van der Waals surface area contributed by atoms with Gasteiger partial charge in [0.1, 0.15) is 11.5 Å². The van der Waals surface area contributed by atoms with Crippen molar-refractivity contribution in [2.75, 3.05) is 0 Å². The zero-order valence-corrected chi connectivity index (χ0v) is 18.7. The lowest BCUT2D eigenvalue weighted by Gasteiger charge is -2.35. The fourth-order valence-corrected chi connectivity index (χ4v) is 4.29. The predicted octanol–water partition coefficient (Wildman–Crippen LogP) is 4.96. The molecule has 0 aliphatic heterocycles. The highest BCUT2D eigenvalue weighted by atomic mass is 16.2. The minimum atomic E-state index is -1.11. The molecule has 3 rings (SSSR count). The topological polar surface area (TPSA) is 72.2 Å². The quantitative estimate of drug-likeness (QED) is 0.335. The molecule has 0 aliphatic rings. The van der Waals surface area contributed by atoms with Crippen LogP contribution in [0.5, 0.6) is 0 Å². The van der Waals surface area contributed by atoms with Gasteiger partial charge in [-0.05, 0) is 23.1 Å². The highest BCUT2D eigenvalue weighted by Crippen LogP contribution is 2.39. The Morgan fingerprint density at radius 2 is 1.19 bits per heavy atom. The number of benzene rings is 3. The summed E-state index contributed by atoms with van der Waals surface area (Å²) in [5.41, 5.74) is 7.11. The molecule has 0 unspecified atom stereocenters. The number of carbonyl (C=O) groups is 2. The van der Waals surface area contributed by atoms with Gasteiger partial charge in [0.15, 0.2) is 0 Å². The number of nitrogens with two attached hydrogens (primary N) is 1. The molecule has 0 fully saturated rings. The maximum absolute atomic E-state index is 14.2. The van der Waals surface area contributed by atoms with Crippen molar-refractivity contribution in [2.45, 2.75) is 50.5 Å². The van der Waals surface area contributed by atoms with Crippen molar-refractivity contribution in [3.05, 3.63) is 108 Å². The summed E-state index contributed by atoms with van der Waals surface area (Å²) >= 11 is 0. The molecule has 3 aromatic carbocycles. The monoisotopic (exact) mass is 428 g/mol. The smallest absolute Gasteiger partial charge is 0.240 e. The van der Waals surface area contributed by atoms with Gasteiger partial charge in [0, 0.05) is 0 Å². The lowest BCUT2D eigenvalue weighted by molar-refractivity contribution is -0.129. The van der Waals surface area contributed by atoms with Crippen molar-refractivity contribution in [3.63, 3.8) is 0 Å². The summed E-state index contributed by atoms with van der Waals surface area (Å²) in [4.78, 5) is 26.4. The third kappa shape index (κ3) is 5.08. The Morgan fingerprint density at radius 3 is 1.56 bits per heavy atom. The van der Waals surface area contributed by atoms with Gasteiger partial charge in [-0.3, -0.25) is 9.59 Å². The summed E-state index contributed by atoms with van der Waals surface area (Å²) in [5, 5.41) is 3.02. The Bertz CT molecular complexity index is 891. The van der Waals surface area contributed by atoms with Crippen molar-refractivity contribution in [2.24, 2.45) is 5.73 Å². The lowest BCUT2D eigenvalue weighted by Crippen LogP contribution is -2.53. The molecular formula is C28H32N2O2. The van der Waals surface area contributed by atoms with Crippen molar-refractivity contribution in [1.29, 1.82) is 0 Å². The van der Waals surface area contributed by atoms with Crippen LogP contribution in [-0.2, 0) is 15.0 Å². The van der Waals surface area contributed by atoms with Gasteiger partial charge in [0.05, 0.1) is 0 Å². The molecule has 32 heavy (non-hydrogen) atoms. The van der Waals surface area contributed by atoms with Crippen LogP contribution in [0.1, 0.15) is 55.7 Å². The zero-order chi connectivity index (χ0) is 22.8. The summed E-state index contributed by atoms with van der Waals surface area (Å²) in [5.74, 6) is -0.752. The number of unbranched alkanes of at least 4 members (excludes halogenated alkanes) is 3. The van der Waals surface area contributed by atoms with Crippen molar-refractivity contribution >= 4 is 11.8 Å². The molecular weight excluding hydrogens is 396 g/mol. The van der Waals surface area contributed by atoms with Crippen LogP contribution in [0.4, 0.5) is 0 Å². The van der Waals surface area contributed by atoms with Crippen LogP contribution in [0.3, 0.4) is 0 Å². The first-order valence-corrected chi connectivity index (χ1v) is 11.4. The summed E-state index contributed by atoms with van der Waals surface area (Å²) < 4.78 is 0. The van der Waals surface area contributed by atoms with E-state index in [1.165, 1.54) is 0 Å². The van der Waals surface area contributed by atoms with E-state index < -0.39 is 17.4 Å². The first kappa shape index (κ1) is 23.3. The number of amides is 2. The second-order valence-electron chi connectivity index (χ2n) is 8.13. The maximum Gasteiger partial charge on any atom is 0.240 e. The van der Waals surface area contributed by atoms with Crippen LogP contribution < -0.4 is 11.1 Å². The molecule has 3 aromatic rings. The van der Waals surface area contributed by atoms with Crippen LogP contribution in [0.25, 0.3) is 0 Å². The maximum atomic E-state index is 14.2. The van der Waals surface area contributed by atoms with Crippen molar-refractivity contribution in [3.8, 4) is 0 Å². The molecule has 3 N–H and O–H groups in total. The summed E-state index contributed by atoms with van der Waals surface area (Å²) in [7, 11) is 0. The SMILES string of the molecule is CCCCCC[C@@H](NC(=O)C(c1ccccc1)(c1ccccc1)c1ccccc1)C(N)=O. The van der Waals surface area contributed by atoms with E-state index in [0.29, 0.717) is 6.42 Å². The summed E-state index contributed by atoms with van der Waals surface area (Å²) in [6.45, 7) is 2.14. The fourth-order valence-electron chi connectivity index (χ4n) is 4.29. The molecule has 4 nitrogen and oxygen atoms in total. The first-order chi connectivity index (χ1) is 15.6. The van der Waals surface area contributed by atoms with E-state index in [1.54, 1.807) is 0 Å². The minimum Gasteiger partial charge on any atom is -0.368 e. The average Bonchev–Trinajstić information content (AvgIpc) is 2.83. The van der Waals surface area contributed by atoms with Gasteiger partial charge in [-0.25, -0.2) is 0 Å². The molecule has 0 spiro atoms. The van der Waals surface area contributed by atoms with E-state index in [2.05, 4.69) is 12.2 Å². The Balaban J connectivity index is 2.09. The molecule has 4 heteroatoms. The predicted molar refractivity (Wildman–Crippen MR) is 129 cm³/mol. The summed E-state index contributed by atoms with van der Waals surface area (Å²) in [6, 6.07) is 28.4. The normalized spacial score (nSPS) is 12.2. The third-order valence-electron chi connectivity index (χ3n) is 5.96. The van der Waals surface area contributed by atoms with Gasteiger partial charge >= 0.3 is 0 Å². The molecule has 0 radical (unpaired) electrons. The Kier molecular flexibility index (Phi) is 8.20. The standard InChI is InChI=1S/C28H32N2O2/c1-2-3-4-14-21-25(26(29)31)30-27(32)28(22-15-8-5-9-16-22,23-17-10-6-11-18-23)24-19-12-7-13-20-24/h5-13,15-20,25H,2-4,14,21H2,1H3,(H2,29,31)(H,30,32)/t25-/m1/s1. The van der Waals surface area contributed by atoms with Crippen LogP contribution in [0.15, 0.2) is 91.0 Å². The molecule has 0 heterocycles. The van der Waals surface area contributed by atoms with E-state index in [-0.39, 0.29) is 5.91 Å². The number of nitrogens with one attached hydrogen (secondary N) is 1. The Morgan fingerprint density at radius 1 is 0.750 bits per heavy atom. The number of carbonyl (C=O) groups excluding carboxylic acids is 2. The van der Waals surface area contributed by atoms with Gasteiger partial charge in [-0.1, -0.05) is 124 Å². The summed E-state index contributed by atoms with van der Waals surface area (Å²) in [6.07, 6.45) is 4.59. The zero-order valence-electron chi connectivity index (χ0n) is 18.7. The van der Waals surface area contributed by atoms with E-state index >= 15 is 0 Å². The average molecular weight is 429 g/mol. The van der Waals surface area contributed by atoms with E-state index in [4.69, 9.17) is 5.73 Å². The van der Waals surface area contributed by atoms with Gasteiger partial charge in [-0.2, -0.15) is 0 Å². The number of primary amides is 1. The Labute approximate surface area is 190 Å². The second-order valence-corrected chi connectivity index (χ2v) is 8.13. The molecule has 0 saturated carbocycles. The van der Waals surface area contributed by atoms with Crippen molar-refractivity contribution < 1.29 is 9.59 Å². The highest BCUT2D eigenvalue weighted by molar-refractivity contribution is 5.98. The molecule has 166 valence electrons. The van der Waals surface area contributed by atoms with Gasteiger partial charge < -0.3 is 11.1 Å². The first-order valence-electron chi connectivity index (χ1n) is 11.4. The number of hydrogen-bond donors (Lipinski definition) is 2. The van der Waals surface area contributed by atoms with E-state index in [0.717, 1.165) is 42.4 Å². The number of hydrogen-bond acceptors (Lipinski definition) is 2. The highest BCUT2D eigenvalue weighted by Gasteiger charge is 2.44. The fraction of sp³-hybridized carbons (Fsp3) is 0.286. The van der Waals surface area contributed by atoms with Crippen LogP contribution in [0, 0.1) is 0 Å².